The molecular weight excluding hydrogens is 243 g/mol. The Balaban J connectivity index is 3.25. The summed E-state index contributed by atoms with van der Waals surface area (Å²) < 4.78 is 14.0. The van der Waals surface area contributed by atoms with E-state index in [2.05, 4.69) is 18.7 Å². The van der Waals surface area contributed by atoms with Crippen LogP contribution in [0.15, 0.2) is 18.2 Å². The molecule has 0 aromatic heterocycles. The van der Waals surface area contributed by atoms with Gasteiger partial charge >= 0.3 is 0 Å². The molecule has 0 spiro atoms. The molecule has 0 saturated carbocycles. The quantitative estimate of drug-likeness (QED) is 0.799. The van der Waals surface area contributed by atoms with E-state index in [4.69, 9.17) is 5.73 Å². The Morgan fingerprint density at radius 3 is 2.42 bits per heavy atom. The lowest BCUT2D eigenvalue weighted by Crippen LogP contribution is -2.38. The van der Waals surface area contributed by atoms with Gasteiger partial charge in [0, 0.05) is 29.9 Å². The van der Waals surface area contributed by atoms with Crippen molar-refractivity contribution < 1.29 is 9.50 Å². The summed E-state index contributed by atoms with van der Waals surface area (Å²) in [6.07, 6.45) is 1.90. The molecule has 0 aliphatic heterocycles. The molecule has 1 atom stereocenters. The molecule has 19 heavy (non-hydrogen) atoms. The number of anilines is 1. The number of aliphatic hydroxyl groups excluding tert-OH is 1. The van der Waals surface area contributed by atoms with Crippen molar-refractivity contribution in [3.05, 3.63) is 29.6 Å². The van der Waals surface area contributed by atoms with Crippen LogP contribution in [0.2, 0.25) is 0 Å². The number of halogens is 1. The first-order valence-corrected chi connectivity index (χ1v) is 6.98. The molecule has 0 aliphatic carbocycles. The predicted octanol–water partition coefficient (Wildman–Crippen LogP) is 2.83. The van der Waals surface area contributed by atoms with Crippen LogP contribution in [0.3, 0.4) is 0 Å². The highest BCUT2D eigenvalue weighted by atomic mass is 19.1. The first-order chi connectivity index (χ1) is 9.06. The topological polar surface area (TPSA) is 49.5 Å². The third-order valence-electron chi connectivity index (χ3n) is 3.52. The molecule has 1 rings (SSSR count). The minimum atomic E-state index is -0.369. The van der Waals surface area contributed by atoms with E-state index in [0.717, 1.165) is 18.5 Å². The van der Waals surface area contributed by atoms with E-state index in [1.165, 1.54) is 6.07 Å². The summed E-state index contributed by atoms with van der Waals surface area (Å²) in [4.78, 5) is 2.07. The fourth-order valence-corrected chi connectivity index (χ4v) is 2.56. The molecule has 4 heteroatoms. The van der Waals surface area contributed by atoms with E-state index in [1.807, 2.05) is 6.07 Å². The molecule has 1 aromatic carbocycles. The highest BCUT2D eigenvalue weighted by Gasteiger charge is 2.21. The summed E-state index contributed by atoms with van der Waals surface area (Å²) in [6, 6.07) is 4.93. The maximum Gasteiger partial charge on any atom is 0.130 e. The van der Waals surface area contributed by atoms with Gasteiger partial charge in [-0.25, -0.2) is 4.39 Å². The Labute approximate surface area is 115 Å². The number of nitrogens with two attached hydrogens (primary N) is 1. The Morgan fingerprint density at radius 1 is 1.32 bits per heavy atom. The molecular formula is C15H25FN2O. The van der Waals surface area contributed by atoms with Crippen LogP contribution in [-0.2, 0) is 0 Å². The molecule has 108 valence electrons. The zero-order chi connectivity index (χ0) is 14.4. The summed E-state index contributed by atoms with van der Waals surface area (Å²) in [5.74, 6) is -0.276. The number of nitrogens with zero attached hydrogens (tertiary/aromatic N) is 1. The Kier molecular flexibility index (Phi) is 6.25. The van der Waals surface area contributed by atoms with Gasteiger partial charge in [0.25, 0.3) is 0 Å². The third-order valence-corrected chi connectivity index (χ3v) is 3.52. The Hall–Kier alpha value is -1.13. The van der Waals surface area contributed by atoms with Gasteiger partial charge in [-0.2, -0.15) is 0 Å². The van der Waals surface area contributed by atoms with Gasteiger partial charge < -0.3 is 15.7 Å². The van der Waals surface area contributed by atoms with E-state index >= 15 is 0 Å². The average Bonchev–Trinajstić information content (AvgIpc) is 2.38. The fraction of sp³-hybridized carbons (Fsp3) is 0.600. The molecule has 0 fully saturated rings. The fourth-order valence-electron chi connectivity index (χ4n) is 2.56. The first-order valence-electron chi connectivity index (χ1n) is 6.98. The van der Waals surface area contributed by atoms with Crippen molar-refractivity contribution in [2.45, 2.75) is 45.7 Å². The molecule has 0 heterocycles. The molecule has 0 saturated heterocycles. The van der Waals surface area contributed by atoms with E-state index in [1.54, 1.807) is 13.0 Å². The predicted molar refractivity (Wildman–Crippen MR) is 77.8 cm³/mol. The monoisotopic (exact) mass is 268 g/mol. The molecule has 0 radical (unpaired) electrons. The van der Waals surface area contributed by atoms with E-state index in [-0.39, 0.29) is 24.5 Å². The van der Waals surface area contributed by atoms with Gasteiger partial charge in [-0.3, -0.25) is 0 Å². The number of hydrogen-bond acceptors (Lipinski definition) is 3. The first kappa shape index (κ1) is 15.9. The van der Waals surface area contributed by atoms with E-state index in [9.17, 15) is 9.50 Å². The SMILES string of the molecule is CCC(CC)N(CCO)c1cccc(F)c1C(C)N. The van der Waals surface area contributed by atoms with Crippen LogP contribution in [0.4, 0.5) is 10.1 Å². The average molecular weight is 268 g/mol. The van der Waals surface area contributed by atoms with Gasteiger partial charge in [0.2, 0.25) is 0 Å². The highest BCUT2D eigenvalue weighted by Crippen LogP contribution is 2.30. The van der Waals surface area contributed by atoms with Crippen molar-refractivity contribution in [1.82, 2.24) is 0 Å². The van der Waals surface area contributed by atoms with E-state index < -0.39 is 0 Å². The van der Waals surface area contributed by atoms with Gasteiger partial charge in [0.15, 0.2) is 0 Å². The Bertz CT molecular complexity index is 392. The van der Waals surface area contributed by atoms with Crippen LogP contribution >= 0.6 is 0 Å². The van der Waals surface area contributed by atoms with Crippen molar-refractivity contribution in [2.75, 3.05) is 18.1 Å². The smallest absolute Gasteiger partial charge is 0.130 e. The van der Waals surface area contributed by atoms with Gasteiger partial charge in [-0.15, -0.1) is 0 Å². The van der Waals surface area contributed by atoms with Gasteiger partial charge in [-0.05, 0) is 31.9 Å². The summed E-state index contributed by atoms with van der Waals surface area (Å²) in [5.41, 5.74) is 7.24. The lowest BCUT2D eigenvalue weighted by molar-refractivity contribution is 0.295. The second kappa shape index (κ2) is 7.46. The maximum absolute atomic E-state index is 14.0. The van der Waals surface area contributed by atoms with Crippen LogP contribution < -0.4 is 10.6 Å². The largest absolute Gasteiger partial charge is 0.395 e. The zero-order valence-corrected chi connectivity index (χ0v) is 12.1. The minimum Gasteiger partial charge on any atom is -0.395 e. The van der Waals surface area contributed by atoms with Crippen molar-refractivity contribution in [1.29, 1.82) is 0 Å². The Morgan fingerprint density at radius 2 is 1.95 bits per heavy atom. The van der Waals surface area contributed by atoms with Crippen molar-refractivity contribution >= 4 is 5.69 Å². The summed E-state index contributed by atoms with van der Waals surface area (Å²) >= 11 is 0. The van der Waals surface area contributed by atoms with Gasteiger partial charge in [0.1, 0.15) is 5.82 Å². The number of hydrogen-bond donors (Lipinski definition) is 2. The summed E-state index contributed by atoms with van der Waals surface area (Å²) in [6.45, 7) is 6.53. The molecule has 0 bridgehead atoms. The normalized spacial score (nSPS) is 12.8. The summed E-state index contributed by atoms with van der Waals surface area (Å²) in [5, 5.41) is 9.27. The van der Waals surface area contributed by atoms with Crippen LogP contribution in [0.25, 0.3) is 0 Å². The van der Waals surface area contributed by atoms with Crippen molar-refractivity contribution in [3.8, 4) is 0 Å². The molecule has 1 aromatic rings. The number of benzene rings is 1. The molecule has 0 aliphatic rings. The second-order valence-corrected chi connectivity index (χ2v) is 4.85. The molecule has 3 nitrogen and oxygen atoms in total. The van der Waals surface area contributed by atoms with Crippen molar-refractivity contribution in [3.63, 3.8) is 0 Å². The molecule has 0 amide bonds. The molecule has 1 unspecified atom stereocenters. The number of rotatable bonds is 7. The number of aliphatic hydroxyl groups is 1. The van der Waals surface area contributed by atoms with E-state index in [0.29, 0.717) is 12.1 Å². The van der Waals surface area contributed by atoms with Crippen molar-refractivity contribution in [2.24, 2.45) is 5.73 Å². The highest BCUT2D eigenvalue weighted by molar-refractivity contribution is 5.56. The standard InChI is InChI=1S/C15H25FN2O/c1-4-12(5-2)18(9-10-19)14-8-6-7-13(16)15(14)11(3)17/h6-8,11-12,19H,4-5,9-10,17H2,1-3H3. The zero-order valence-electron chi connectivity index (χ0n) is 12.1. The van der Waals surface area contributed by atoms with Gasteiger partial charge in [0.05, 0.1) is 6.61 Å². The van der Waals surface area contributed by atoms with Crippen LogP contribution in [0.5, 0.6) is 0 Å². The lowest BCUT2D eigenvalue weighted by atomic mass is 10.0. The second-order valence-electron chi connectivity index (χ2n) is 4.85. The van der Waals surface area contributed by atoms with Crippen LogP contribution in [0.1, 0.15) is 45.2 Å². The lowest BCUT2D eigenvalue weighted by Gasteiger charge is -2.34. The van der Waals surface area contributed by atoms with Crippen LogP contribution in [-0.4, -0.2) is 24.3 Å². The third kappa shape index (κ3) is 3.67. The van der Waals surface area contributed by atoms with Gasteiger partial charge in [-0.1, -0.05) is 19.9 Å². The summed E-state index contributed by atoms with van der Waals surface area (Å²) in [7, 11) is 0. The maximum atomic E-state index is 14.0. The minimum absolute atomic E-state index is 0.0470. The van der Waals surface area contributed by atoms with Crippen LogP contribution in [0, 0.1) is 5.82 Å². The molecule has 3 N–H and O–H groups in total.